The summed E-state index contributed by atoms with van der Waals surface area (Å²) in [6.45, 7) is 3.21. The molecule has 1 N–H and O–H groups in total. The number of rotatable bonds is 9. The van der Waals surface area contributed by atoms with Crippen molar-refractivity contribution in [2.45, 2.75) is 44.4 Å². The Labute approximate surface area is 139 Å². The fraction of sp³-hybridized carbons (Fsp3) is 0.438. The Morgan fingerprint density at radius 3 is 2.96 bits per heavy atom. The highest BCUT2D eigenvalue weighted by atomic mass is 32.2. The second-order valence-electron chi connectivity index (χ2n) is 5.17. The van der Waals surface area contributed by atoms with Gasteiger partial charge in [0.25, 0.3) is 0 Å². The summed E-state index contributed by atoms with van der Waals surface area (Å²) < 4.78 is 15.4. The number of carbonyl (C=O) groups excluding carboxylic acids is 1. The number of nitrogens with zero attached hydrogens (tertiary/aromatic N) is 3. The maximum Gasteiger partial charge on any atom is 0.230 e. The van der Waals surface area contributed by atoms with Crippen molar-refractivity contribution < 1.29 is 9.18 Å². The summed E-state index contributed by atoms with van der Waals surface area (Å²) in [6, 6.07) is 6.42. The third-order valence-electron chi connectivity index (χ3n) is 3.35. The molecule has 1 aromatic carbocycles. The van der Waals surface area contributed by atoms with Gasteiger partial charge >= 0.3 is 0 Å². The zero-order chi connectivity index (χ0) is 16.5. The van der Waals surface area contributed by atoms with Crippen molar-refractivity contribution in [3.8, 4) is 0 Å². The Balaban J connectivity index is 1.76. The maximum atomic E-state index is 13.5. The van der Waals surface area contributed by atoms with E-state index in [0.717, 1.165) is 31.0 Å². The molecule has 0 unspecified atom stereocenters. The summed E-state index contributed by atoms with van der Waals surface area (Å²) in [5.41, 5.74) is 0.480. The monoisotopic (exact) mass is 336 g/mol. The molecule has 0 bridgehead atoms. The molecule has 0 fully saturated rings. The summed E-state index contributed by atoms with van der Waals surface area (Å²) in [7, 11) is 0. The molecule has 0 radical (unpaired) electrons. The van der Waals surface area contributed by atoms with Gasteiger partial charge in [-0.25, -0.2) is 4.39 Å². The van der Waals surface area contributed by atoms with Crippen LogP contribution in [0.5, 0.6) is 0 Å². The van der Waals surface area contributed by atoms with Crippen molar-refractivity contribution in [1.82, 2.24) is 20.1 Å². The van der Waals surface area contributed by atoms with Gasteiger partial charge < -0.3 is 9.88 Å². The van der Waals surface area contributed by atoms with Gasteiger partial charge in [0.05, 0.1) is 5.75 Å². The molecule has 5 nitrogen and oxygen atoms in total. The molecule has 0 aliphatic rings. The highest BCUT2D eigenvalue weighted by Gasteiger charge is 2.09. The number of nitrogens with one attached hydrogen (secondary N) is 1. The molecule has 1 aromatic heterocycles. The standard InChI is InChI=1S/C16H21FN4OS/c1-2-3-6-9-21-12-19-20-16(21)23-11-15(22)18-10-13-7-4-5-8-14(13)17/h4-5,7-8,12H,2-3,6,9-11H2,1H3,(H,18,22). The first-order valence-electron chi connectivity index (χ1n) is 7.71. The predicted molar refractivity (Wildman–Crippen MR) is 88.5 cm³/mol. The first-order valence-corrected chi connectivity index (χ1v) is 8.70. The number of hydrogen-bond donors (Lipinski definition) is 1. The minimum Gasteiger partial charge on any atom is -0.351 e. The van der Waals surface area contributed by atoms with Gasteiger partial charge in [-0.1, -0.05) is 49.7 Å². The molecule has 0 aliphatic carbocycles. The molecule has 2 aromatic rings. The predicted octanol–water partition coefficient (Wildman–Crippen LogP) is 3.02. The Hall–Kier alpha value is -1.89. The number of aromatic nitrogens is 3. The van der Waals surface area contributed by atoms with Crippen LogP contribution in [0.3, 0.4) is 0 Å². The molecule has 124 valence electrons. The lowest BCUT2D eigenvalue weighted by molar-refractivity contribution is -0.118. The van der Waals surface area contributed by atoms with Crippen LogP contribution < -0.4 is 5.32 Å². The molecule has 1 heterocycles. The highest BCUT2D eigenvalue weighted by Crippen LogP contribution is 2.15. The lowest BCUT2D eigenvalue weighted by atomic mass is 10.2. The first-order chi connectivity index (χ1) is 11.2. The minimum atomic E-state index is -0.309. The molecule has 0 spiro atoms. The van der Waals surface area contributed by atoms with Crippen molar-refractivity contribution >= 4 is 17.7 Å². The van der Waals surface area contributed by atoms with E-state index in [9.17, 15) is 9.18 Å². The van der Waals surface area contributed by atoms with Gasteiger partial charge in [0, 0.05) is 18.7 Å². The van der Waals surface area contributed by atoms with Crippen LogP contribution in [0.1, 0.15) is 31.7 Å². The summed E-state index contributed by atoms with van der Waals surface area (Å²) in [5.74, 6) is -0.224. The number of benzene rings is 1. The molecule has 1 amide bonds. The second-order valence-corrected chi connectivity index (χ2v) is 6.11. The zero-order valence-corrected chi connectivity index (χ0v) is 14.0. The van der Waals surface area contributed by atoms with Crippen LogP contribution in [-0.2, 0) is 17.9 Å². The van der Waals surface area contributed by atoms with Crippen LogP contribution in [0.4, 0.5) is 4.39 Å². The molecular weight excluding hydrogens is 315 g/mol. The number of unbranched alkanes of at least 4 members (excludes halogenated alkanes) is 2. The molecule has 23 heavy (non-hydrogen) atoms. The van der Waals surface area contributed by atoms with E-state index in [-0.39, 0.29) is 24.0 Å². The van der Waals surface area contributed by atoms with Crippen molar-refractivity contribution in [3.05, 3.63) is 42.0 Å². The van der Waals surface area contributed by atoms with E-state index < -0.39 is 0 Å². The van der Waals surface area contributed by atoms with Gasteiger partial charge in [-0.15, -0.1) is 10.2 Å². The largest absolute Gasteiger partial charge is 0.351 e. The second kappa shape index (κ2) is 9.29. The van der Waals surface area contributed by atoms with E-state index in [1.54, 1.807) is 24.5 Å². The smallest absolute Gasteiger partial charge is 0.230 e. The Kier molecular flexibility index (Phi) is 7.06. The van der Waals surface area contributed by atoms with E-state index in [1.807, 2.05) is 4.57 Å². The third kappa shape index (κ3) is 5.67. The minimum absolute atomic E-state index is 0.152. The van der Waals surface area contributed by atoms with Gasteiger partial charge in [0.15, 0.2) is 5.16 Å². The van der Waals surface area contributed by atoms with Crippen LogP contribution >= 0.6 is 11.8 Å². The van der Waals surface area contributed by atoms with Crippen molar-refractivity contribution in [2.75, 3.05) is 5.75 Å². The molecule has 0 aliphatic heterocycles. The summed E-state index contributed by atoms with van der Waals surface area (Å²) in [4.78, 5) is 11.9. The van der Waals surface area contributed by atoms with Crippen molar-refractivity contribution in [3.63, 3.8) is 0 Å². The van der Waals surface area contributed by atoms with Crippen molar-refractivity contribution in [2.24, 2.45) is 0 Å². The van der Waals surface area contributed by atoms with E-state index in [1.165, 1.54) is 17.8 Å². The third-order valence-corrected chi connectivity index (χ3v) is 4.33. The molecule has 0 saturated carbocycles. The number of aryl methyl sites for hydroxylation is 1. The summed E-state index contributed by atoms with van der Waals surface area (Å²) >= 11 is 1.34. The highest BCUT2D eigenvalue weighted by molar-refractivity contribution is 7.99. The Bertz CT molecular complexity index is 632. The Morgan fingerprint density at radius 2 is 2.17 bits per heavy atom. The lowest BCUT2D eigenvalue weighted by Crippen LogP contribution is -2.25. The van der Waals surface area contributed by atoms with Gasteiger partial charge in [-0.3, -0.25) is 4.79 Å². The fourth-order valence-corrected chi connectivity index (χ4v) is 2.83. The van der Waals surface area contributed by atoms with Gasteiger partial charge in [-0.05, 0) is 12.5 Å². The Morgan fingerprint density at radius 1 is 1.35 bits per heavy atom. The van der Waals surface area contributed by atoms with E-state index in [2.05, 4.69) is 22.4 Å². The first kappa shape index (κ1) is 17.5. The summed E-state index contributed by atoms with van der Waals surface area (Å²) in [6.07, 6.45) is 5.07. The maximum absolute atomic E-state index is 13.5. The fourth-order valence-electron chi connectivity index (χ4n) is 2.06. The number of carbonyl (C=O) groups is 1. The number of halogens is 1. The molecular formula is C16H21FN4OS. The van der Waals surface area contributed by atoms with Crippen molar-refractivity contribution in [1.29, 1.82) is 0 Å². The van der Waals surface area contributed by atoms with E-state index >= 15 is 0 Å². The normalized spacial score (nSPS) is 10.7. The molecule has 0 saturated heterocycles. The van der Waals surface area contributed by atoms with E-state index in [0.29, 0.717) is 5.56 Å². The zero-order valence-electron chi connectivity index (χ0n) is 13.2. The van der Waals surface area contributed by atoms with Crippen LogP contribution in [0.25, 0.3) is 0 Å². The number of hydrogen-bond acceptors (Lipinski definition) is 4. The van der Waals surface area contributed by atoms with E-state index in [4.69, 9.17) is 0 Å². The molecule has 2 rings (SSSR count). The molecule has 7 heteroatoms. The number of amides is 1. The quantitative estimate of drug-likeness (QED) is 0.565. The van der Waals surface area contributed by atoms with Gasteiger partial charge in [-0.2, -0.15) is 0 Å². The number of thioether (sulfide) groups is 1. The van der Waals surface area contributed by atoms with Gasteiger partial charge in [0.2, 0.25) is 5.91 Å². The lowest BCUT2D eigenvalue weighted by Gasteiger charge is -2.07. The van der Waals surface area contributed by atoms with Crippen LogP contribution in [0.15, 0.2) is 35.7 Å². The average Bonchev–Trinajstić information content (AvgIpc) is 3.00. The molecule has 0 atom stereocenters. The average molecular weight is 336 g/mol. The summed E-state index contributed by atoms with van der Waals surface area (Å²) in [5, 5.41) is 11.4. The SMILES string of the molecule is CCCCCn1cnnc1SCC(=O)NCc1ccccc1F. The topological polar surface area (TPSA) is 59.8 Å². The van der Waals surface area contributed by atoms with Gasteiger partial charge in [0.1, 0.15) is 12.1 Å². The van der Waals surface area contributed by atoms with Crippen LogP contribution in [0.2, 0.25) is 0 Å². The van der Waals surface area contributed by atoms with Crippen LogP contribution in [0, 0.1) is 5.82 Å². The van der Waals surface area contributed by atoms with Crippen LogP contribution in [-0.4, -0.2) is 26.4 Å².